The van der Waals surface area contributed by atoms with Gasteiger partial charge in [-0.15, -0.1) is 0 Å². The molecule has 0 radical (unpaired) electrons. The zero-order valence-electron chi connectivity index (χ0n) is 11.5. The van der Waals surface area contributed by atoms with Gasteiger partial charge in [0, 0.05) is 6.08 Å². The molecule has 0 fully saturated rings. The zero-order chi connectivity index (χ0) is 15.2. The van der Waals surface area contributed by atoms with Gasteiger partial charge in [0.1, 0.15) is 12.4 Å². The number of benzene rings is 2. The van der Waals surface area contributed by atoms with Crippen LogP contribution in [0.5, 0.6) is 5.75 Å². The maximum Gasteiger partial charge on any atom is 0.328 e. The molecular formula is C17H15IO3. The number of aliphatic carboxylic acids is 1. The van der Waals surface area contributed by atoms with Crippen LogP contribution >= 0.6 is 22.6 Å². The predicted molar refractivity (Wildman–Crippen MR) is 91.2 cm³/mol. The molecule has 0 amide bonds. The predicted octanol–water partition coefficient (Wildman–Crippen LogP) is 4.36. The minimum atomic E-state index is -0.946. The molecular weight excluding hydrogens is 379 g/mol. The molecule has 0 saturated carbocycles. The molecule has 0 bridgehead atoms. The van der Waals surface area contributed by atoms with Crippen LogP contribution in [0, 0.1) is 3.57 Å². The summed E-state index contributed by atoms with van der Waals surface area (Å²) in [5.41, 5.74) is 2.64. The fourth-order valence-electron chi connectivity index (χ4n) is 1.86. The quantitative estimate of drug-likeness (QED) is 0.606. The third-order valence-electron chi connectivity index (χ3n) is 2.96. The lowest BCUT2D eigenvalue weighted by Crippen LogP contribution is -1.98. The number of carbonyl (C=O) groups is 1. The second-order valence-corrected chi connectivity index (χ2v) is 5.75. The van der Waals surface area contributed by atoms with E-state index in [1.807, 2.05) is 48.5 Å². The van der Waals surface area contributed by atoms with Crippen molar-refractivity contribution in [3.05, 3.63) is 69.3 Å². The Labute approximate surface area is 137 Å². The summed E-state index contributed by atoms with van der Waals surface area (Å²) in [6, 6.07) is 15.6. The van der Waals surface area contributed by atoms with Crippen molar-refractivity contribution in [1.82, 2.24) is 0 Å². The molecule has 0 heterocycles. The number of rotatable bonds is 5. The molecule has 2 aromatic rings. The topological polar surface area (TPSA) is 46.5 Å². The molecule has 0 aliphatic rings. The average molecular weight is 394 g/mol. The molecule has 0 atom stereocenters. The largest absolute Gasteiger partial charge is 0.488 e. The lowest BCUT2D eigenvalue weighted by atomic mass is 10.1. The summed E-state index contributed by atoms with van der Waals surface area (Å²) in [5, 5.41) is 8.81. The van der Waals surface area contributed by atoms with Crippen LogP contribution in [-0.2, 0) is 11.4 Å². The van der Waals surface area contributed by atoms with Crippen LogP contribution in [0.3, 0.4) is 0 Å². The number of ether oxygens (including phenoxy) is 1. The molecule has 1 N–H and O–H groups in total. The normalized spacial score (nSPS) is 11.2. The Morgan fingerprint density at radius 1 is 1.24 bits per heavy atom. The number of allylic oxidation sites excluding steroid dienone is 1. The highest BCUT2D eigenvalue weighted by Gasteiger charge is 2.06. The molecule has 108 valence electrons. The van der Waals surface area contributed by atoms with E-state index in [9.17, 15) is 4.79 Å². The van der Waals surface area contributed by atoms with E-state index in [1.165, 1.54) is 6.08 Å². The molecule has 0 aromatic heterocycles. The highest BCUT2D eigenvalue weighted by molar-refractivity contribution is 14.1. The van der Waals surface area contributed by atoms with Crippen LogP contribution in [0.4, 0.5) is 0 Å². The van der Waals surface area contributed by atoms with E-state index in [1.54, 1.807) is 6.92 Å². The molecule has 4 heteroatoms. The number of hydrogen-bond donors (Lipinski definition) is 1. The van der Waals surface area contributed by atoms with Gasteiger partial charge in [-0.1, -0.05) is 36.4 Å². The molecule has 21 heavy (non-hydrogen) atoms. The molecule has 0 aliphatic heterocycles. The van der Waals surface area contributed by atoms with Crippen LogP contribution in [0.15, 0.2) is 54.6 Å². The third-order valence-corrected chi connectivity index (χ3v) is 3.85. The molecule has 2 rings (SSSR count). The van der Waals surface area contributed by atoms with Gasteiger partial charge in [0.15, 0.2) is 0 Å². The van der Waals surface area contributed by atoms with Crippen molar-refractivity contribution in [1.29, 1.82) is 0 Å². The molecule has 3 nitrogen and oxygen atoms in total. The van der Waals surface area contributed by atoms with E-state index in [2.05, 4.69) is 22.6 Å². The smallest absolute Gasteiger partial charge is 0.328 e. The van der Waals surface area contributed by atoms with Crippen LogP contribution in [0.25, 0.3) is 5.57 Å². The minimum Gasteiger partial charge on any atom is -0.488 e. The minimum absolute atomic E-state index is 0.488. The lowest BCUT2D eigenvalue weighted by Gasteiger charge is -2.10. The summed E-state index contributed by atoms with van der Waals surface area (Å²) in [5.74, 6) is -0.187. The SMILES string of the molecule is CC(=CC(=O)O)c1ccc(I)c(OCc2ccccc2)c1. The Hall–Kier alpha value is -1.82. The van der Waals surface area contributed by atoms with Crippen molar-refractivity contribution in [3.8, 4) is 5.75 Å². The first-order valence-corrected chi connectivity index (χ1v) is 7.52. The molecule has 0 unspecified atom stereocenters. The highest BCUT2D eigenvalue weighted by atomic mass is 127. The average Bonchev–Trinajstić information content (AvgIpc) is 2.46. The highest BCUT2D eigenvalue weighted by Crippen LogP contribution is 2.26. The standard InChI is InChI=1S/C17H15IO3/c1-12(9-17(19)20)14-7-8-15(18)16(10-14)21-11-13-5-3-2-4-6-13/h2-10H,11H2,1H3,(H,19,20). The number of carboxylic acid groups (broad SMARTS) is 1. The lowest BCUT2D eigenvalue weighted by molar-refractivity contribution is -0.131. The summed E-state index contributed by atoms with van der Waals surface area (Å²) in [6.07, 6.45) is 1.20. The van der Waals surface area contributed by atoms with Crippen molar-refractivity contribution in [2.24, 2.45) is 0 Å². The maximum atomic E-state index is 10.7. The first kappa shape index (κ1) is 15.6. The Morgan fingerprint density at radius 3 is 2.62 bits per heavy atom. The van der Waals surface area contributed by atoms with Crippen molar-refractivity contribution >= 4 is 34.1 Å². The van der Waals surface area contributed by atoms with E-state index >= 15 is 0 Å². The van der Waals surface area contributed by atoms with Crippen molar-refractivity contribution in [2.45, 2.75) is 13.5 Å². The molecule has 0 aliphatic carbocycles. The summed E-state index contributed by atoms with van der Waals surface area (Å²) in [6.45, 7) is 2.26. The van der Waals surface area contributed by atoms with Crippen molar-refractivity contribution < 1.29 is 14.6 Å². The summed E-state index contributed by atoms with van der Waals surface area (Å²) in [4.78, 5) is 10.7. The van der Waals surface area contributed by atoms with Gasteiger partial charge in [0.05, 0.1) is 3.57 Å². The van der Waals surface area contributed by atoms with Crippen LogP contribution in [0.1, 0.15) is 18.1 Å². The van der Waals surface area contributed by atoms with Gasteiger partial charge < -0.3 is 9.84 Å². The fourth-order valence-corrected chi connectivity index (χ4v) is 2.35. The Balaban J connectivity index is 2.18. The van der Waals surface area contributed by atoms with Gasteiger partial charge in [0.25, 0.3) is 0 Å². The van der Waals surface area contributed by atoms with E-state index < -0.39 is 5.97 Å². The van der Waals surface area contributed by atoms with E-state index in [-0.39, 0.29) is 0 Å². The number of carboxylic acids is 1. The molecule has 0 saturated heterocycles. The van der Waals surface area contributed by atoms with Crippen molar-refractivity contribution in [2.75, 3.05) is 0 Å². The Morgan fingerprint density at radius 2 is 1.95 bits per heavy atom. The van der Waals surface area contributed by atoms with Gasteiger partial charge in [-0.3, -0.25) is 0 Å². The monoisotopic (exact) mass is 394 g/mol. The van der Waals surface area contributed by atoms with E-state index in [4.69, 9.17) is 9.84 Å². The van der Waals surface area contributed by atoms with Crippen molar-refractivity contribution in [3.63, 3.8) is 0 Å². The summed E-state index contributed by atoms with van der Waals surface area (Å²) >= 11 is 2.21. The third kappa shape index (κ3) is 4.60. The summed E-state index contributed by atoms with van der Waals surface area (Å²) in [7, 11) is 0. The second kappa shape index (κ2) is 7.26. The zero-order valence-corrected chi connectivity index (χ0v) is 13.7. The first-order valence-electron chi connectivity index (χ1n) is 6.44. The maximum absolute atomic E-state index is 10.7. The van der Waals surface area contributed by atoms with Crippen LogP contribution < -0.4 is 4.74 Å². The van der Waals surface area contributed by atoms with Gasteiger partial charge in [-0.25, -0.2) is 4.79 Å². The van der Waals surface area contributed by atoms with Crippen LogP contribution in [-0.4, -0.2) is 11.1 Å². The Kier molecular flexibility index (Phi) is 5.38. The van der Waals surface area contributed by atoms with Gasteiger partial charge >= 0.3 is 5.97 Å². The van der Waals surface area contributed by atoms with Gasteiger partial charge in [0.2, 0.25) is 0 Å². The van der Waals surface area contributed by atoms with Crippen LogP contribution in [0.2, 0.25) is 0 Å². The van der Waals surface area contributed by atoms with E-state index in [0.717, 1.165) is 20.4 Å². The fraction of sp³-hybridized carbons (Fsp3) is 0.118. The number of halogens is 1. The second-order valence-electron chi connectivity index (χ2n) is 4.59. The summed E-state index contributed by atoms with van der Waals surface area (Å²) < 4.78 is 6.83. The number of hydrogen-bond acceptors (Lipinski definition) is 2. The first-order chi connectivity index (χ1) is 10.1. The Bertz CT molecular complexity index is 663. The van der Waals surface area contributed by atoms with E-state index in [0.29, 0.717) is 12.2 Å². The molecule has 2 aromatic carbocycles. The van der Waals surface area contributed by atoms with Gasteiger partial charge in [-0.05, 0) is 58.3 Å². The van der Waals surface area contributed by atoms with Gasteiger partial charge in [-0.2, -0.15) is 0 Å². The molecule has 0 spiro atoms.